The minimum absolute atomic E-state index is 0.487. The summed E-state index contributed by atoms with van der Waals surface area (Å²) in [4.78, 5) is 8.30. The number of rotatable bonds is 4. The van der Waals surface area contributed by atoms with E-state index in [-0.39, 0.29) is 0 Å². The molecule has 7 heteroatoms. The van der Waals surface area contributed by atoms with Crippen molar-refractivity contribution in [2.45, 2.75) is 6.42 Å². The fraction of sp³-hybridized carbons (Fsp3) is 0.214. The molecule has 0 saturated carbocycles. The van der Waals surface area contributed by atoms with Gasteiger partial charge in [-0.05, 0) is 24.1 Å². The summed E-state index contributed by atoms with van der Waals surface area (Å²) in [5.74, 6) is -0.478. The number of halogens is 2. The molecule has 3 aromatic rings. The van der Waals surface area contributed by atoms with Crippen LogP contribution in [0, 0.1) is 11.6 Å². The lowest BCUT2D eigenvalue weighted by Gasteiger charge is -2.06. The van der Waals surface area contributed by atoms with Crippen molar-refractivity contribution in [1.29, 1.82) is 0 Å². The highest BCUT2D eigenvalue weighted by atomic mass is 19.1. The lowest BCUT2D eigenvalue weighted by atomic mass is 10.1. The van der Waals surface area contributed by atoms with Crippen molar-refractivity contribution in [2.75, 3.05) is 11.9 Å². The molecule has 0 aliphatic rings. The first-order chi connectivity index (χ1) is 10.1. The van der Waals surface area contributed by atoms with Crippen molar-refractivity contribution in [1.82, 2.24) is 19.7 Å². The highest BCUT2D eigenvalue weighted by molar-refractivity contribution is 5.85. The van der Waals surface area contributed by atoms with Crippen LogP contribution in [0.4, 0.5) is 14.6 Å². The van der Waals surface area contributed by atoms with E-state index < -0.39 is 11.6 Å². The second-order valence-corrected chi connectivity index (χ2v) is 4.68. The molecule has 21 heavy (non-hydrogen) atoms. The molecular weight excluding hydrogens is 276 g/mol. The van der Waals surface area contributed by atoms with E-state index in [9.17, 15) is 8.78 Å². The zero-order valence-electron chi connectivity index (χ0n) is 11.3. The Kier molecular flexibility index (Phi) is 3.47. The van der Waals surface area contributed by atoms with Crippen LogP contribution in [0.15, 0.2) is 30.7 Å². The van der Waals surface area contributed by atoms with Gasteiger partial charge in [0.05, 0.1) is 11.6 Å². The van der Waals surface area contributed by atoms with Crippen LogP contribution >= 0.6 is 0 Å². The molecule has 0 amide bonds. The molecule has 0 saturated heterocycles. The van der Waals surface area contributed by atoms with Gasteiger partial charge in [0.2, 0.25) is 0 Å². The Morgan fingerprint density at radius 2 is 1.90 bits per heavy atom. The van der Waals surface area contributed by atoms with Gasteiger partial charge in [0, 0.05) is 19.7 Å². The number of anilines is 1. The lowest BCUT2D eigenvalue weighted by Crippen LogP contribution is -2.07. The summed E-state index contributed by atoms with van der Waals surface area (Å²) >= 11 is 0. The van der Waals surface area contributed by atoms with Gasteiger partial charge in [0.15, 0.2) is 5.65 Å². The molecule has 0 fully saturated rings. The maximum atomic E-state index is 13.1. The molecule has 0 aliphatic carbocycles. The van der Waals surface area contributed by atoms with E-state index in [0.29, 0.717) is 24.3 Å². The molecule has 1 N–H and O–H groups in total. The van der Waals surface area contributed by atoms with Gasteiger partial charge in [0.1, 0.15) is 23.8 Å². The molecule has 0 atom stereocenters. The molecule has 0 unspecified atom stereocenters. The summed E-state index contributed by atoms with van der Waals surface area (Å²) < 4.78 is 27.9. The quantitative estimate of drug-likeness (QED) is 0.800. The largest absolute Gasteiger partial charge is 0.369 e. The smallest absolute Gasteiger partial charge is 0.163 e. The van der Waals surface area contributed by atoms with Crippen LogP contribution in [0.2, 0.25) is 0 Å². The Labute approximate surface area is 119 Å². The van der Waals surface area contributed by atoms with Crippen LogP contribution < -0.4 is 5.32 Å². The third-order valence-electron chi connectivity index (χ3n) is 3.16. The van der Waals surface area contributed by atoms with Gasteiger partial charge >= 0.3 is 0 Å². The van der Waals surface area contributed by atoms with Gasteiger partial charge < -0.3 is 5.32 Å². The topological polar surface area (TPSA) is 55.6 Å². The number of hydrogen-bond donors (Lipinski definition) is 1. The van der Waals surface area contributed by atoms with Crippen LogP contribution in [-0.4, -0.2) is 26.3 Å². The van der Waals surface area contributed by atoms with E-state index in [1.807, 2.05) is 0 Å². The summed E-state index contributed by atoms with van der Waals surface area (Å²) in [6.45, 7) is 0.504. The number of fused-ring (bicyclic) bond motifs is 1. The number of aromatic nitrogens is 4. The summed E-state index contributed by atoms with van der Waals surface area (Å²) in [6, 6.07) is 3.51. The monoisotopic (exact) mass is 289 g/mol. The summed E-state index contributed by atoms with van der Waals surface area (Å²) in [5, 5.41) is 8.07. The maximum Gasteiger partial charge on any atom is 0.163 e. The number of benzene rings is 1. The second kappa shape index (κ2) is 5.43. The molecule has 0 radical (unpaired) electrons. The van der Waals surface area contributed by atoms with Crippen molar-refractivity contribution < 1.29 is 8.78 Å². The van der Waals surface area contributed by atoms with E-state index in [4.69, 9.17) is 0 Å². The predicted molar refractivity (Wildman–Crippen MR) is 74.9 cm³/mol. The van der Waals surface area contributed by atoms with Crippen molar-refractivity contribution in [3.63, 3.8) is 0 Å². The fourth-order valence-corrected chi connectivity index (χ4v) is 2.18. The van der Waals surface area contributed by atoms with Gasteiger partial charge in [-0.15, -0.1) is 0 Å². The molecule has 2 heterocycles. The molecule has 108 valence electrons. The SMILES string of the molecule is Cn1ncc2c(NCCc3cc(F)cc(F)c3)ncnc21. The van der Waals surface area contributed by atoms with Gasteiger partial charge in [-0.3, -0.25) is 4.68 Å². The molecule has 2 aromatic heterocycles. The fourth-order valence-electron chi connectivity index (χ4n) is 2.18. The molecular formula is C14H13F2N5. The third kappa shape index (κ3) is 2.81. The number of hydrogen-bond acceptors (Lipinski definition) is 4. The lowest BCUT2D eigenvalue weighted by molar-refractivity contribution is 0.580. The standard InChI is InChI=1S/C14H13F2N5/c1-21-14-12(7-20-21)13(18-8-19-14)17-3-2-9-4-10(15)6-11(16)5-9/h4-8H,2-3H2,1H3,(H,17,18,19). The highest BCUT2D eigenvalue weighted by Crippen LogP contribution is 2.17. The Morgan fingerprint density at radius 3 is 2.67 bits per heavy atom. The molecule has 0 aliphatic heterocycles. The Hall–Kier alpha value is -2.57. The van der Waals surface area contributed by atoms with Gasteiger partial charge in [-0.2, -0.15) is 5.10 Å². The highest BCUT2D eigenvalue weighted by Gasteiger charge is 2.07. The normalized spacial score (nSPS) is 11.0. The Morgan fingerprint density at radius 1 is 1.14 bits per heavy atom. The van der Waals surface area contributed by atoms with Crippen LogP contribution in [-0.2, 0) is 13.5 Å². The molecule has 1 aromatic carbocycles. The molecule has 0 bridgehead atoms. The minimum Gasteiger partial charge on any atom is -0.369 e. The van der Waals surface area contributed by atoms with Gasteiger partial charge in [-0.1, -0.05) is 0 Å². The Balaban J connectivity index is 1.72. The van der Waals surface area contributed by atoms with Crippen LogP contribution in [0.3, 0.4) is 0 Å². The van der Waals surface area contributed by atoms with E-state index >= 15 is 0 Å². The van der Waals surface area contributed by atoms with Crippen molar-refractivity contribution >= 4 is 16.9 Å². The van der Waals surface area contributed by atoms with Crippen molar-refractivity contribution in [2.24, 2.45) is 7.05 Å². The van der Waals surface area contributed by atoms with Crippen LogP contribution in [0.5, 0.6) is 0 Å². The zero-order chi connectivity index (χ0) is 14.8. The predicted octanol–water partition coefficient (Wildman–Crippen LogP) is 2.30. The number of nitrogens with zero attached hydrogens (tertiary/aromatic N) is 4. The third-order valence-corrected chi connectivity index (χ3v) is 3.16. The first-order valence-electron chi connectivity index (χ1n) is 6.45. The number of aryl methyl sites for hydroxylation is 1. The summed E-state index contributed by atoms with van der Waals surface area (Å²) in [7, 11) is 1.80. The first kappa shape index (κ1) is 13.4. The molecule has 3 rings (SSSR count). The minimum atomic E-state index is -0.568. The first-order valence-corrected chi connectivity index (χ1v) is 6.45. The molecule has 0 spiro atoms. The van der Waals surface area contributed by atoms with Crippen molar-refractivity contribution in [3.05, 3.63) is 47.9 Å². The van der Waals surface area contributed by atoms with Gasteiger partial charge in [-0.25, -0.2) is 18.7 Å². The van der Waals surface area contributed by atoms with Crippen molar-refractivity contribution in [3.8, 4) is 0 Å². The van der Waals surface area contributed by atoms with E-state index in [2.05, 4.69) is 20.4 Å². The van der Waals surface area contributed by atoms with E-state index in [1.54, 1.807) is 17.9 Å². The van der Waals surface area contributed by atoms with Gasteiger partial charge in [0.25, 0.3) is 0 Å². The van der Waals surface area contributed by atoms with Crippen LogP contribution in [0.1, 0.15) is 5.56 Å². The summed E-state index contributed by atoms with van der Waals surface area (Å²) in [6.07, 6.45) is 3.62. The Bertz CT molecular complexity index is 764. The average Bonchev–Trinajstić information content (AvgIpc) is 2.81. The van der Waals surface area contributed by atoms with E-state index in [0.717, 1.165) is 17.1 Å². The van der Waals surface area contributed by atoms with Crippen LogP contribution in [0.25, 0.3) is 11.0 Å². The molecule has 5 nitrogen and oxygen atoms in total. The maximum absolute atomic E-state index is 13.1. The average molecular weight is 289 g/mol. The van der Waals surface area contributed by atoms with E-state index in [1.165, 1.54) is 18.5 Å². The summed E-state index contributed by atoms with van der Waals surface area (Å²) in [5.41, 5.74) is 1.32. The number of nitrogens with one attached hydrogen (secondary N) is 1. The second-order valence-electron chi connectivity index (χ2n) is 4.68. The zero-order valence-corrected chi connectivity index (χ0v) is 11.3.